The molecule has 0 aliphatic rings. The number of H-pyrrole nitrogens is 1. The van der Waals surface area contributed by atoms with Crippen molar-refractivity contribution in [2.24, 2.45) is 4.99 Å². The smallest absolute Gasteiger partial charge is 0.127 e. The van der Waals surface area contributed by atoms with Gasteiger partial charge in [0.15, 0.2) is 0 Å². The molecule has 0 saturated heterocycles. The number of imidazole rings is 1. The lowest BCUT2D eigenvalue weighted by atomic mass is 10.1. The molecule has 0 bridgehead atoms. The zero-order valence-electron chi connectivity index (χ0n) is 12.4. The third-order valence-corrected chi connectivity index (χ3v) is 3.45. The SMILES string of the molecule is C=CCc1cccc(C=Nc2ccc3nc(C)[nH]c3c2)c1O. The average molecular weight is 291 g/mol. The van der Waals surface area contributed by atoms with Crippen LogP contribution in [0.5, 0.6) is 5.75 Å². The Morgan fingerprint density at radius 3 is 3.00 bits per heavy atom. The van der Waals surface area contributed by atoms with E-state index in [9.17, 15) is 5.11 Å². The van der Waals surface area contributed by atoms with Gasteiger partial charge in [0.1, 0.15) is 11.6 Å². The van der Waals surface area contributed by atoms with Crippen LogP contribution in [-0.4, -0.2) is 21.3 Å². The summed E-state index contributed by atoms with van der Waals surface area (Å²) in [4.78, 5) is 12.0. The normalized spacial score (nSPS) is 11.3. The third-order valence-electron chi connectivity index (χ3n) is 3.45. The van der Waals surface area contributed by atoms with Crippen molar-refractivity contribution in [2.75, 3.05) is 0 Å². The fraction of sp³-hybridized carbons (Fsp3) is 0.111. The molecule has 3 rings (SSSR count). The molecule has 1 aromatic heterocycles. The minimum Gasteiger partial charge on any atom is -0.507 e. The van der Waals surface area contributed by atoms with Crippen molar-refractivity contribution < 1.29 is 5.11 Å². The molecule has 0 saturated carbocycles. The topological polar surface area (TPSA) is 61.3 Å². The maximum Gasteiger partial charge on any atom is 0.127 e. The van der Waals surface area contributed by atoms with Gasteiger partial charge in [0.2, 0.25) is 0 Å². The van der Waals surface area contributed by atoms with Gasteiger partial charge in [-0.25, -0.2) is 4.98 Å². The number of hydrogen-bond acceptors (Lipinski definition) is 3. The number of nitrogens with zero attached hydrogens (tertiary/aromatic N) is 2. The van der Waals surface area contributed by atoms with E-state index in [2.05, 4.69) is 21.5 Å². The van der Waals surface area contributed by atoms with Crippen molar-refractivity contribution in [1.82, 2.24) is 9.97 Å². The Kier molecular flexibility index (Phi) is 3.74. The number of hydrogen-bond donors (Lipinski definition) is 2. The van der Waals surface area contributed by atoms with Crippen LogP contribution in [0.2, 0.25) is 0 Å². The van der Waals surface area contributed by atoms with E-state index in [0.29, 0.717) is 12.0 Å². The number of aliphatic imine (C=N–C) groups is 1. The quantitative estimate of drug-likeness (QED) is 0.562. The second-order valence-corrected chi connectivity index (χ2v) is 5.13. The number of aryl methyl sites for hydroxylation is 1. The lowest BCUT2D eigenvalue weighted by molar-refractivity contribution is 0.469. The first-order valence-corrected chi connectivity index (χ1v) is 7.09. The Labute approximate surface area is 128 Å². The number of aromatic amines is 1. The number of fused-ring (bicyclic) bond motifs is 1. The first-order chi connectivity index (χ1) is 10.7. The molecule has 3 aromatic rings. The molecule has 2 N–H and O–H groups in total. The highest BCUT2D eigenvalue weighted by Crippen LogP contribution is 2.23. The predicted molar refractivity (Wildman–Crippen MR) is 90.1 cm³/mol. The molecule has 0 aliphatic heterocycles. The highest BCUT2D eigenvalue weighted by Gasteiger charge is 2.04. The van der Waals surface area contributed by atoms with E-state index in [1.807, 2.05) is 43.3 Å². The zero-order chi connectivity index (χ0) is 15.5. The van der Waals surface area contributed by atoms with Crippen LogP contribution in [0, 0.1) is 6.92 Å². The van der Waals surface area contributed by atoms with E-state index in [4.69, 9.17) is 0 Å². The van der Waals surface area contributed by atoms with Crippen LogP contribution in [0.15, 0.2) is 54.0 Å². The Morgan fingerprint density at radius 2 is 2.18 bits per heavy atom. The zero-order valence-corrected chi connectivity index (χ0v) is 12.4. The van der Waals surface area contributed by atoms with Crippen LogP contribution in [0.1, 0.15) is 17.0 Å². The van der Waals surface area contributed by atoms with Crippen molar-refractivity contribution in [1.29, 1.82) is 0 Å². The standard InChI is InChI=1S/C18H17N3O/c1-3-5-13-6-4-7-14(18(13)22)11-19-15-8-9-16-17(10-15)21-12(2)20-16/h3-4,6-11,22H,1,5H2,2H3,(H,20,21). The van der Waals surface area contributed by atoms with Crippen molar-refractivity contribution >= 4 is 22.9 Å². The lowest BCUT2D eigenvalue weighted by Crippen LogP contribution is -1.88. The fourth-order valence-corrected chi connectivity index (χ4v) is 2.39. The Bertz CT molecular complexity index is 862. The number of para-hydroxylation sites is 1. The number of allylic oxidation sites excluding steroid dienone is 1. The van der Waals surface area contributed by atoms with Gasteiger partial charge in [0, 0.05) is 11.8 Å². The van der Waals surface area contributed by atoms with Crippen LogP contribution in [0.4, 0.5) is 5.69 Å². The Morgan fingerprint density at radius 1 is 1.32 bits per heavy atom. The van der Waals surface area contributed by atoms with Crippen LogP contribution in [0.25, 0.3) is 11.0 Å². The van der Waals surface area contributed by atoms with Gasteiger partial charge in [-0.1, -0.05) is 18.2 Å². The number of aromatic hydroxyl groups is 1. The molecule has 0 unspecified atom stereocenters. The number of phenolic OH excluding ortho intramolecular Hbond substituents is 1. The maximum atomic E-state index is 10.2. The molecule has 0 radical (unpaired) electrons. The first-order valence-electron chi connectivity index (χ1n) is 7.09. The molecule has 1 heterocycles. The average Bonchev–Trinajstić information content (AvgIpc) is 2.87. The van der Waals surface area contributed by atoms with Gasteiger partial charge in [-0.3, -0.25) is 4.99 Å². The van der Waals surface area contributed by atoms with Gasteiger partial charge in [0.25, 0.3) is 0 Å². The van der Waals surface area contributed by atoms with Gasteiger partial charge in [0.05, 0.1) is 16.7 Å². The second-order valence-electron chi connectivity index (χ2n) is 5.13. The van der Waals surface area contributed by atoms with Crippen LogP contribution in [0.3, 0.4) is 0 Å². The first kappa shape index (κ1) is 14.1. The molecule has 110 valence electrons. The summed E-state index contributed by atoms with van der Waals surface area (Å²) in [6, 6.07) is 11.4. The molecule has 2 aromatic carbocycles. The summed E-state index contributed by atoms with van der Waals surface area (Å²) in [7, 11) is 0. The summed E-state index contributed by atoms with van der Waals surface area (Å²) < 4.78 is 0. The monoisotopic (exact) mass is 291 g/mol. The molecule has 4 heteroatoms. The van der Waals surface area contributed by atoms with E-state index < -0.39 is 0 Å². The van der Waals surface area contributed by atoms with Crippen LogP contribution < -0.4 is 0 Å². The minimum atomic E-state index is 0.254. The molecule has 0 atom stereocenters. The summed E-state index contributed by atoms with van der Waals surface area (Å²) in [5.74, 6) is 1.13. The van der Waals surface area contributed by atoms with Gasteiger partial charge in [-0.15, -0.1) is 6.58 Å². The Balaban J connectivity index is 1.92. The minimum absolute atomic E-state index is 0.254. The molecule has 0 amide bonds. The van der Waals surface area contributed by atoms with E-state index in [1.54, 1.807) is 12.3 Å². The number of benzene rings is 2. The number of aromatic nitrogens is 2. The van der Waals surface area contributed by atoms with Crippen molar-refractivity contribution in [2.45, 2.75) is 13.3 Å². The maximum absolute atomic E-state index is 10.2. The summed E-state index contributed by atoms with van der Waals surface area (Å²) in [6.07, 6.45) is 4.07. The van der Waals surface area contributed by atoms with Gasteiger partial charge < -0.3 is 10.1 Å². The summed E-state index contributed by atoms with van der Waals surface area (Å²) >= 11 is 0. The number of phenols is 1. The van der Waals surface area contributed by atoms with Crippen molar-refractivity contribution in [3.63, 3.8) is 0 Å². The summed E-state index contributed by atoms with van der Waals surface area (Å²) in [6.45, 7) is 5.62. The van der Waals surface area contributed by atoms with Crippen molar-refractivity contribution in [3.8, 4) is 5.75 Å². The Hall–Kier alpha value is -2.88. The number of rotatable bonds is 4. The lowest BCUT2D eigenvalue weighted by Gasteiger charge is -2.04. The van der Waals surface area contributed by atoms with Crippen LogP contribution >= 0.6 is 0 Å². The van der Waals surface area contributed by atoms with Gasteiger partial charge in [-0.05, 0) is 43.2 Å². The van der Waals surface area contributed by atoms with E-state index in [0.717, 1.165) is 28.1 Å². The molecule has 22 heavy (non-hydrogen) atoms. The highest BCUT2D eigenvalue weighted by atomic mass is 16.3. The largest absolute Gasteiger partial charge is 0.507 e. The summed E-state index contributed by atoms with van der Waals surface area (Å²) in [5, 5.41) is 10.2. The fourth-order valence-electron chi connectivity index (χ4n) is 2.39. The van der Waals surface area contributed by atoms with Crippen LogP contribution in [-0.2, 0) is 6.42 Å². The predicted octanol–water partition coefficient (Wildman–Crippen LogP) is 4.06. The van der Waals surface area contributed by atoms with Gasteiger partial charge in [-0.2, -0.15) is 0 Å². The molecule has 4 nitrogen and oxygen atoms in total. The number of nitrogens with one attached hydrogen (secondary N) is 1. The third kappa shape index (κ3) is 2.76. The summed E-state index contributed by atoms with van der Waals surface area (Å²) in [5.41, 5.74) is 4.23. The molecule has 0 aliphatic carbocycles. The van der Waals surface area contributed by atoms with E-state index >= 15 is 0 Å². The van der Waals surface area contributed by atoms with Gasteiger partial charge >= 0.3 is 0 Å². The van der Waals surface area contributed by atoms with E-state index in [1.165, 1.54) is 0 Å². The second kappa shape index (κ2) is 5.85. The molecular weight excluding hydrogens is 274 g/mol. The van der Waals surface area contributed by atoms with Crippen molar-refractivity contribution in [3.05, 3.63) is 66.0 Å². The molecule has 0 fully saturated rings. The molecular formula is C18H17N3O. The van der Waals surface area contributed by atoms with E-state index in [-0.39, 0.29) is 5.75 Å². The molecule has 0 spiro atoms. The highest BCUT2D eigenvalue weighted by molar-refractivity contribution is 5.87.